The average Bonchev–Trinajstić information content (AvgIpc) is 2.08. The van der Waals surface area contributed by atoms with Gasteiger partial charge in [-0.1, -0.05) is 13.8 Å². The van der Waals surface area contributed by atoms with E-state index in [4.69, 9.17) is 4.43 Å². The standard InChI is InChI=1S/C11H27NOSi/c1-6-12-9-8-10-14(7-2)13-11(3,4)5/h12,14H,6-10H2,1-5H3. The molecule has 0 saturated carbocycles. The fourth-order valence-corrected chi connectivity index (χ4v) is 3.83. The van der Waals surface area contributed by atoms with Crippen molar-refractivity contribution in [2.75, 3.05) is 13.1 Å². The van der Waals surface area contributed by atoms with Crippen molar-refractivity contribution in [3.8, 4) is 0 Å². The van der Waals surface area contributed by atoms with Crippen LogP contribution in [0.15, 0.2) is 0 Å². The second kappa shape index (κ2) is 7.43. The van der Waals surface area contributed by atoms with Crippen molar-refractivity contribution in [1.29, 1.82) is 0 Å². The number of hydrogen-bond acceptors (Lipinski definition) is 2. The minimum absolute atomic E-state index is 0.0606. The van der Waals surface area contributed by atoms with E-state index in [0.29, 0.717) is 0 Å². The maximum atomic E-state index is 6.08. The summed E-state index contributed by atoms with van der Waals surface area (Å²) in [4.78, 5) is 0. The van der Waals surface area contributed by atoms with E-state index in [9.17, 15) is 0 Å². The molecule has 1 unspecified atom stereocenters. The molecule has 0 radical (unpaired) electrons. The normalized spacial score (nSPS) is 14.4. The molecule has 0 aromatic rings. The largest absolute Gasteiger partial charge is 0.415 e. The lowest BCUT2D eigenvalue weighted by atomic mass is 10.2. The highest BCUT2D eigenvalue weighted by Gasteiger charge is 2.17. The maximum absolute atomic E-state index is 6.08. The molecule has 0 saturated heterocycles. The summed E-state index contributed by atoms with van der Waals surface area (Å²) in [6.45, 7) is 13.1. The van der Waals surface area contributed by atoms with Crippen molar-refractivity contribution in [2.45, 2.75) is 58.7 Å². The van der Waals surface area contributed by atoms with Crippen LogP contribution in [0, 0.1) is 0 Å². The van der Waals surface area contributed by atoms with Crippen molar-refractivity contribution in [1.82, 2.24) is 5.32 Å². The van der Waals surface area contributed by atoms with Crippen molar-refractivity contribution < 1.29 is 4.43 Å². The molecule has 0 amide bonds. The Kier molecular flexibility index (Phi) is 7.50. The minimum Gasteiger partial charge on any atom is -0.415 e. The van der Waals surface area contributed by atoms with Gasteiger partial charge in [0.25, 0.3) is 0 Å². The van der Waals surface area contributed by atoms with Crippen LogP contribution in [0.4, 0.5) is 0 Å². The zero-order valence-electron chi connectivity index (χ0n) is 10.5. The summed E-state index contributed by atoms with van der Waals surface area (Å²) >= 11 is 0. The van der Waals surface area contributed by atoms with Gasteiger partial charge in [0.05, 0.1) is 0 Å². The highest BCUT2D eigenvalue weighted by molar-refractivity contribution is 6.51. The molecule has 0 aliphatic rings. The monoisotopic (exact) mass is 217 g/mol. The molecule has 0 aromatic heterocycles. The first kappa shape index (κ1) is 14.1. The van der Waals surface area contributed by atoms with E-state index in [0.717, 1.165) is 13.1 Å². The van der Waals surface area contributed by atoms with Gasteiger partial charge >= 0.3 is 0 Å². The van der Waals surface area contributed by atoms with Gasteiger partial charge in [0.1, 0.15) is 0 Å². The van der Waals surface area contributed by atoms with E-state index in [-0.39, 0.29) is 5.60 Å². The van der Waals surface area contributed by atoms with Gasteiger partial charge in [0.2, 0.25) is 0 Å². The fourth-order valence-electron chi connectivity index (χ4n) is 1.48. The van der Waals surface area contributed by atoms with E-state index in [1.54, 1.807) is 0 Å². The van der Waals surface area contributed by atoms with Crippen LogP contribution in [-0.4, -0.2) is 27.7 Å². The molecule has 0 heterocycles. The van der Waals surface area contributed by atoms with E-state index in [2.05, 4.69) is 39.9 Å². The summed E-state index contributed by atoms with van der Waals surface area (Å²) in [6.07, 6.45) is 1.27. The SMILES string of the molecule is CCNCCC[SiH](CC)OC(C)(C)C. The zero-order valence-corrected chi connectivity index (χ0v) is 11.7. The molecular weight excluding hydrogens is 190 g/mol. The number of nitrogens with one attached hydrogen (secondary N) is 1. The quantitative estimate of drug-likeness (QED) is 0.523. The van der Waals surface area contributed by atoms with Crippen molar-refractivity contribution in [3.05, 3.63) is 0 Å². The predicted octanol–water partition coefficient (Wildman–Crippen LogP) is 2.54. The molecular formula is C11H27NOSi. The third-order valence-corrected chi connectivity index (χ3v) is 5.11. The van der Waals surface area contributed by atoms with Crippen LogP contribution < -0.4 is 5.32 Å². The second-order valence-corrected chi connectivity index (χ2v) is 7.63. The molecule has 2 nitrogen and oxygen atoms in total. The van der Waals surface area contributed by atoms with E-state index in [1.165, 1.54) is 18.5 Å². The van der Waals surface area contributed by atoms with Crippen LogP contribution >= 0.6 is 0 Å². The Labute approximate surface area is 91.2 Å². The van der Waals surface area contributed by atoms with Crippen LogP contribution in [-0.2, 0) is 4.43 Å². The van der Waals surface area contributed by atoms with Crippen molar-refractivity contribution in [2.24, 2.45) is 0 Å². The van der Waals surface area contributed by atoms with E-state index in [1.807, 2.05) is 0 Å². The fraction of sp³-hybridized carbons (Fsp3) is 1.00. The summed E-state index contributed by atoms with van der Waals surface area (Å²) in [7, 11) is -0.921. The van der Waals surface area contributed by atoms with Gasteiger partial charge < -0.3 is 9.74 Å². The topological polar surface area (TPSA) is 21.3 Å². The Hall–Kier alpha value is 0.137. The smallest absolute Gasteiger partial charge is 0.177 e. The molecule has 86 valence electrons. The summed E-state index contributed by atoms with van der Waals surface area (Å²) in [5.41, 5.74) is 0.0606. The van der Waals surface area contributed by atoms with E-state index >= 15 is 0 Å². The first-order chi connectivity index (χ1) is 6.49. The Balaban J connectivity index is 3.58. The first-order valence-electron chi connectivity index (χ1n) is 5.88. The Bertz CT molecular complexity index is 134. The van der Waals surface area contributed by atoms with Crippen LogP contribution in [0.3, 0.4) is 0 Å². The number of rotatable bonds is 7. The first-order valence-corrected chi connectivity index (χ1v) is 7.98. The third-order valence-electron chi connectivity index (χ3n) is 2.11. The lowest BCUT2D eigenvalue weighted by Gasteiger charge is -2.26. The van der Waals surface area contributed by atoms with Crippen LogP contribution in [0.25, 0.3) is 0 Å². The molecule has 1 atom stereocenters. The summed E-state index contributed by atoms with van der Waals surface area (Å²) in [5.74, 6) is 0. The van der Waals surface area contributed by atoms with Gasteiger partial charge in [-0.2, -0.15) is 0 Å². The van der Waals surface area contributed by atoms with Gasteiger partial charge in [-0.3, -0.25) is 0 Å². The lowest BCUT2D eigenvalue weighted by molar-refractivity contribution is 0.128. The highest BCUT2D eigenvalue weighted by atomic mass is 28.3. The summed E-state index contributed by atoms with van der Waals surface area (Å²) in [6, 6.07) is 2.56. The summed E-state index contributed by atoms with van der Waals surface area (Å²) < 4.78 is 6.08. The molecule has 3 heteroatoms. The van der Waals surface area contributed by atoms with Crippen LogP contribution in [0.5, 0.6) is 0 Å². The molecule has 0 spiro atoms. The van der Waals surface area contributed by atoms with Crippen molar-refractivity contribution in [3.63, 3.8) is 0 Å². The van der Waals surface area contributed by atoms with Gasteiger partial charge in [-0.25, -0.2) is 0 Å². The molecule has 0 rings (SSSR count). The lowest BCUT2D eigenvalue weighted by Crippen LogP contribution is -2.30. The highest BCUT2D eigenvalue weighted by Crippen LogP contribution is 2.14. The Morgan fingerprint density at radius 1 is 1.21 bits per heavy atom. The minimum atomic E-state index is -0.921. The maximum Gasteiger partial charge on any atom is 0.177 e. The van der Waals surface area contributed by atoms with Crippen molar-refractivity contribution >= 4 is 9.04 Å². The van der Waals surface area contributed by atoms with Gasteiger partial charge in [0.15, 0.2) is 9.04 Å². The van der Waals surface area contributed by atoms with Crippen LogP contribution in [0.2, 0.25) is 12.1 Å². The van der Waals surface area contributed by atoms with Gasteiger partial charge in [-0.15, -0.1) is 0 Å². The van der Waals surface area contributed by atoms with Gasteiger partial charge in [0, 0.05) is 5.60 Å². The second-order valence-electron chi connectivity index (χ2n) is 4.76. The van der Waals surface area contributed by atoms with Gasteiger partial charge in [-0.05, 0) is 52.4 Å². The molecule has 0 bridgehead atoms. The van der Waals surface area contributed by atoms with Crippen LogP contribution in [0.1, 0.15) is 41.0 Å². The molecule has 1 N–H and O–H groups in total. The molecule has 0 aliphatic carbocycles. The average molecular weight is 217 g/mol. The molecule has 0 fully saturated rings. The molecule has 0 aliphatic heterocycles. The molecule has 0 aromatic carbocycles. The predicted molar refractivity (Wildman–Crippen MR) is 66.4 cm³/mol. The summed E-state index contributed by atoms with van der Waals surface area (Å²) in [5, 5.41) is 3.36. The third kappa shape index (κ3) is 8.72. The number of hydrogen-bond donors (Lipinski definition) is 1. The Morgan fingerprint density at radius 2 is 1.86 bits per heavy atom. The molecule has 14 heavy (non-hydrogen) atoms. The Morgan fingerprint density at radius 3 is 2.29 bits per heavy atom. The van der Waals surface area contributed by atoms with E-state index < -0.39 is 9.04 Å². The zero-order chi connectivity index (χ0) is 11.0.